The van der Waals surface area contributed by atoms with Crippen LogP contribution < -0.4 is 4.74 Å². The first-order valence-corrected chi connectivity index (χ1v) is 10.7. The maximum atomic E-state index is 6.20. The second-order valence-electron chi connectivity index (χ2n) is 6.84. The molecule has 30 heavy (non-hydrogen) atoms. The van der Waals surface area contributed by atoms with Gasteiger partial charge in [-0.1, -0.05) is 54.5 Å². The normalized spacial score (nSPS) is 11.2. The molecule has 0 atom stereocenters. The molecule has 4 aromatic rings. The minimum absolute atomic E-state index is 0.213. The highest BCUT2D eigenvalue weighted by Crippen LogP contribution is 2.31. The van der Waals surface area contributed by atoms with E-state index in [1.54, 1.807) is 7.11 Å². The van der Waals surface area contributed by atoms with Crippen LogP contribution in [-0.2, 0) is 5.75 Å². The minimum atomic E-state index is 0.213. The number of nitrogens with zero attached hydrogens (tertiary/aromatic N) is 5. The van der Waals surface area contributed by atoms with E-state index in [1.807, 2.05) is 66.9 Å². The largest absolute Gasteiger partial charge is 0.497 e. The van der Waals surface area contributed by atoms with Crippen LogP contribution >= 0.6 is 23.4 Å². The molecule has 0 saturated carbocycles. The molecule has 7 nitrogen and oxygen atoms in total. The molecular weight excluding hydrogens is 422 g/mol. The van der Waals surface area contributed by atoms with Gasteiger partial charge in [-0.3, -0.25) is 4.57 Å². The van der Waals surface area contributed by atoms with E-state index in [0.717, 1.165) is 17.0 Å². The van der Waals surface area contributed by atoms with Crippen LogP contribution in [0.5, 0.6) is 5.75 Å². The third-order valence-electron chi connectivity index (χ3n) is 4.37. The number of hydrogen-bond donors (Lipinski definition) is 0. The number of methoxy groups -OCH3 is 1. The first-order chi connectivity index (χ1) is 14.5. The van der Waals surface area contributed by atoms with E-state index >= 15 is 0 Å². The average molecular weight is 442 g/mol. The smallest absolute Gasteiger partial charge is 0.237 e. The second kappa shape index (κ2) is 8.89. The Hall–Kier alpha value is -2.84. The van der Waals surface area contributed by atoms with Crippen molar-refractivity contribution in [3.05, 3.63) is 65.3 Å². The van der Waals surface area contributed by atoms with Gasteiger partial charge in [0.2, 0.25) is 5.89 Å². The van der Waals surface area contributed by atoms with E-state index in [9.17, 15) is 0 Å². The lowest BCUT2D eigenvalue weighted by atomic mass is 10.2. The van der Waals surface area contributed by atoms with E-state index in [1.165, 1.54) is 11.8 Å². The van der Waals surface area contributed by atoms with Gasteiger partial charge < -0.3 is 9.26 Å². The van der Waals surface area contributed by atoms with Crippen molar-refractivity contribution in [1.82, 2.24) is 24.9 Å². The second-order valence-corrected chi connectivity index (χ2v) is 8.22. The van der Waals surface area contributed by atoms with Crippen LogP contribution in [0.15, 0.2) is 58.2 Å². The number of aromatic nitrogens is 5. The standard InChI is InChI=1S/C21H20ClN5O2S/c1-13(2)19-23-18(29-26-19)12-30-21-25-24-20(14-5-4-6-15(22)11-14)27(21)16-7-9-17(28-3)10-8-16/h4-11,13H,12H2,1-3H3. The Morgan fingerprint density at radius 3 is 2.60 bits per heavy atom. The van der Waals surface area contributed by atoms with Gasteiger partial charge in [-0.25, -0.2) is 0 Å². The fourth-order valence-electron chi connectivity index (χ4n) is 2.83. The lowest BCUT2D eigenvalue weighted by molar-refractivity contribution is 0.382. The Morgan fingerprint density at radius 2 is 1.93 bits per heavy atom. The Bertz CT molecular complexity index is 1140. The molecule has 0 fully saturated rings. The molecule has 0 amide bonds. The summed E-state index contributed by atoms with van der Waals surface area (Å²) < 4.78 is 12.6. The molecule has 0 N–H and O–H groups in total. The summed E-state index contributed by atoms with van der Waals surface area (Å²) in [4.78, 5) is 4.44. The minimum Gasteiger partial charge on any atom is -0.497 e. The quantitative estimate of drug-likeness (QED) is 0.355. The van der Waals surface area contributed by atoms with E-state index in [0.29, 0.717) is 33.5 Å². The topological polar surface area (TPSA) is 78.9 Å². The summed E-state index contributed by atoms with van der Waals surface area (Å²) in [7, 11) is 1.64. The third kappa shape index (κ3) is 4.34. The van der Waals surface area contributed by atoms with Crippen LogP contribution in [0.3, 0.4) is 0 Å². The molecular formula is C21H20ClN5O2S. The summed E-state index contributed by atoms with van der Waals surface area (Å²) in [5.41, 5.74) is 1.78. The molecule has 2 heterocycles. The van der Waals surface area contributed by atoms with Crippen LogP contribution in [0.1, 0.15) is 31.5 Å². The van der Waals surface area contributed by atoms with Gasteiger partial charge in [0.1, 0.15) is 5.75 Å². The monoisotopic (exact) mass is 441 g/mol. The van der Waals surface area contributed by atoms with Gasteiger partial charge in [0, 0.05) is 22.2 Å². The molecule has 9 heteroatoms. The maximum absolute atomic E-state index is 6.20. The average Bonchev–Trinajstić information content (AvgIpc) is 3.39. The fourth-order valence-corrected chi connectivity index (χ4v) is 3.81. The number of hydrogen-bond acceptors (Lipinski definition) is 7. The molecule has 0 radical (unpaired) electrons. The van der Waals surface area contributed by atoms with E-state index < -0.39 is 0 Å². The number of benzene rings is 2. The van der Waals surface area contributed by atoms with Crippen molar-refractivity contribution in [3.8, 4) is 22.8 Å². The number of rotatable bonds is 7. The van der Waals surface area contributed by atoms with Gasteiger partial charge in [0.15, 0.2) is 16.8 Å². The fraction of sp³-hybridized carbons (Fsp3) is 0.238. The van der Waals surface area contributed by atoms with Crippen molar-refractivity contribution in [1.29, 1.82) is 0 Å². The van der Waals surface area contributed by atoms with Crippen molar-refractivity contribution in [2.24, 2.45) is 0 Å². The van der Waals surface area contributed by atoms with Crippen LogP contribution in [-0.4, -0.2) is 32.0 Å². The Morgan fingerprint density at radius 1 is 1.13 bits per heavy atom. The Kier molecular flexibility index (Phi) is 6.06. The van der Waals surface area contributed by atoms with Gasteiger partial charge in [-0.05, 0) is 36.4 Å². The van der Waals surface area contributed by atoms with Crippen LogP contribution in [0.25, 0.3) is 17.1 Å². The van der Waals surface area contributed by atoms with Gasteiger partial charge in [-0.2, -0.15) is 4.98 Å². The van der Waals surface area contributed by atoms with Crippen molar-refractivity contribution in [3.63, 3.8) is 0 Å². The summed E-state index contributed by atoms with van der Waals surface area (Å²) in [5.74, 6) is 3.42. The summed E-state index contributed by atoms with van der Waals surface area (Å²) >= 11 is 7.68. The van der Waals surface area contributed by atoms with Gasteiger partial charge in [0.05, 0.1) is 12.9 Å². The van der Waals surface area contributed by atoms with Gasteiger partial charge in [-0.15, -0.1) is 10.2 Å². The zero-order valence-corrected chi connectivity index (χ0v) is 18.3. The number of thioether (sulfide) groups is 1. The SMILES string of the molecule is COc1ccc(-n2c(SCc3nc(C(C)C)no3)nnc2-c2cccc(Cl)c2)cc1. The predicted octanol–water partition coefficient (Wildman–Crippen LogP) is 5.40. The van der Waals surface area contributed by atoms with Gasteiger partial charge >= 0.3 is 0 Å². The molecule has 0 saturated heterocycles. The van der Waals surface area contributed by atoms with E-state index in [4.69, 9.17) is 20.9 Å². The van der Waals surface area contributed by atoms with E-state index in [2.05, 4.69) is 20.3 Å². The molecule has 0 aliphatic heterocycles. The highest BCUT2D eigenvalue weighted by Gasteiger charge is 2.18. The number of ether oxygens (including phenoxy) is 1. The van der Waals surface area contributed by atoms with Crippen molar-refractivity contribution in [2.45, 2.75) is 30.7 Å². The number of halogens is 1. The van der Waals surface area contributed by atoms with Crippen molar-refractivity contribution >= 4 is 23.4 Å². The molecule has 0 spiro atoms. The van der Waals surface area contributed by atoms with Crippen LogP contribution in [0.2, 0.25) is 5.02 Å². The highest BCUT2D eigenvalue weighted by molar-refractivity contribution is 7.98. The third-order valence-corrected chi connectivity index (χ3v) is 5.52. The molecule has 0 unspecified atom stereocenters. The molecule has 4 rings (SSSR count). The molecule has 0 aliphatic rings. The summed E-state index contributed by atoms with van der Waals surface area (Å²) in [6, 6.07) is 15.3. The molecule has 154 valence electrons. The Balaban J connectivity index is 1.70. The molecule has 2 aromatic heterocycles. The van der Waals surface area contributed by atoms with Gasteiger partial charge in [0.25, 0.3) is 0 Å². The predicted molar refractivity (Wildman–Crippen MR) is 116 cm³/mol. The Labute approximate surface area is 183 Å². The first-order valence-electron chi connectivity index (χ1n) is 9.36. The zero-order chi connectivity index (χ0) is 21.1. The summed E-state index contributed by atoms with van der Waals surface area (Å²) in [6.07, 6.45) is 0. The van der Waals surface area contributed by atoms with Crippen LogP contribution in [0.4, 0.5) is 0 Å². The lowest BCUT2D eigenvalue weighted by Crippen LogP contribution is -2.00. The lowest BCUT2D eigenvalue weighted by Gasteiger charge is -2.11. The molecule has 0 aliphatic carbocycles. The highest BCUT2D eigenvalue weighted by atomic mass is 35.5. The van der Waals surface area contributed by atoms with Crippen molar-refractivity contribution in [2.75, 3.05) is 7.11 Å². The van der Waals surface area contributed by atoms with Crippen LogP contribution in [0, 0.1) is 0 Å². The first kappa shape index (κ1) is 20.4. The zero-order valence-electron chi connectivity index (χ0n) is 16.7. The molecule has 2 aromatic carbocycles. The maximum Gasteiger partial charge on any atom is 0.237 e. The molecule has 0 bridgehead atoms. The summed E-state index contributed by atoms with van der Waals surface area (Å²) in [6.45, 7) is 4.05. The van der Waals surface area contributed by atoms with Crippen molar-refractivity contribution < 1.29 is 9.26 Å². The van der Waals surface area contributed by atoms with E-state index in [-0.39, 0.29) is 5.92 Å². The summed E-state index contributed by atoms with van der Waals surface area (Å²) in [5, 5.41) is 14.2.